The van der Waals surface area contributed by atoms with E-state index in [-0.39, 0.29) is 0 Å². The van der Waals surface area contributed by atoms with Crippen molar-refractivity contribution in [3.8, 4) is 0 Å². The van der Waals surface area contributed by atoms with E-state index in [1.165, 1.54) is 0 Å². The predicted octanol–water partition coefficient (Wildman–Crippen LogP) is 2.45. The summed E-state index contributed by atoms with van der Waals surface area (Å²) in [5, 5.41) is 0. The largest absolute Gasteiger partial charge is 0.265 e. The Labute approximate surface area is 62.6 Å². The number of pyridine rings is 1. The van der Waals surface area contributed by atoms with E-state index >= 15 is 0 Å². The van der Waals surface area contributed by atoms with Crippen molar-refractivity contribution in [2.24, 2.45) is 0 Å². The molecule has 46 valence electrons. The minimum atomic E-state index is 1.15. The summed E-state index contributed by atoms with van der Waals surface area (Å²) in [5.74, 6) is 0. The Balaban J connectivity index is 2.85. The minimum Gasteiger partial charge on any atom is -0.265 e. The first-order chi connectivity index (χ1) is 4.43. The smallest absolute Gasteiger partial charge is 0.0273 e. The van der Waals surface area contributed by atoms with E-state index in [0.717, 1.165) is 5.56 Å². The average molecular weight is 184 g/mol. The molecule has 1 rings (SSSR count). The normalized spacial score (nSPS) is 10.3. The van der Waals surface area contributed by atoms with Crippen LogP contribution < -0.4 is 0 Å². The van der Waals surface area contributed by atoms with Crippen LogP contribution >= 0.6 is 15.9 Å². The zero-order valence-corrected chi connectivity index (χ0v) is 6.38. The quantitative estimate of drug-likeness (QED) is 0.653. The third kappa shape index (κ3) is 1.98. The van der Waals surface area contributed by atoms with Gasteiger partial charge >= 0.3 is 0 Å². The summed E-state index contributed by atoms with van der Waals surface area (Å²) in [6.07, 6.45) is 5.49. The second kappa shape index (κ2) is 3.41. The van der Waals surface area contributed by atoms with Crippen LogP contribution in [0.4, 0.5) is 0 Å². The summed E-state index contributed by atoms with van der Waals surface area (Å²) in [4.78, 5) is 5.70. The van der Waals surface area contributed by atoms with Crippen LogP contribution in [0, 0.1) is 0 Å². The van der Waals surface area contributed by atoms with Crippen molar-refractivity contribution in [2.75, 3.05) is 0 Å². The lowest BCUT2D eigenvalue weighted by atomic mass is 10.3. The number of hydrogen-bond donors (Lipinski definition) is 0. The molecule has 1 nitrogen and oxygen atoms in total. The maximum atomic E-state index is 3.88. The Hall–Kier alpha value is -0.630. The van der Waals surface area contributed by atoms with E-state index < -0.39 is 0 Å². The average Bonchev–Trinajstić information content (AvgIpc) is 1.91. The van der Waals surface area contributed by atoms with Crippen LogP contribution in [0.2, 0.25) is 0 Å². The Bertz CT molecular complexity index is 193. The van der Waals surface area contributed by atoms with Crippen molar-refractivity contribution in [3.05, 3.63) is 35.1 Å². The molecule has 1 aromatic heterocycles. The van der Waals surface area contributed by atoms with E-state index in [1.807, 2.05) is 23.2 Å². The van der Waals surface area contributed by atoms with Crippen LogP contribution in [0.1, 0.15) is 5.56 Å². The molecule has 9 heavy (non-hydrogen) atoms. The molecule has 0 N–H and O–H groups in total. The maximum Gasteiger partial charge on any atom is 0.0273 e. The van der Waals surface area contributed by atoms with Crippen molar-refractivity contribution in [3.63, 3.8) is 0 Å². The Morgan fingerprint density at radius 1 is 1.33 bits per heavy atom. The van der Waals surface area contributed by atoms with E-state index in [4.69, 9.17) is 0 Å². The number of hydrogen-bond acceptors (Lipinski definition) is 1. The molecule has 0 aliphatic rings. The van der Waals surface area contributed by atoms with Crippen molar-refractivity contribution >= 4 is 22.0 Å². The fourth-order valence-electron chi connectivity index (χ4n) is 0.547. The zero-order valence-electron chi connectivity index (χ0n) is 4.79. The van der Waals surface area contributed by atoms with Crippen molar-refractivity contribution in [1.82, 2.24) is 4.98 Å². The Kier molecular flexibility index (Phi) is 2.46. The Morgan fingerprint density at radius 3 is 2.56 bits per heavy atom. The fraction of sp³-hybridized carbons (Fsp3) is 0. The number of aromatic nitrogens is 1. The third-order valence-corrected chi connectivity index (χ3v) is 1.23. The molecule has 0 saturated carbocycles. The Morgan fingerprint density at radius 2 is 2.00 bits per heavy atom. The zero-order chi connectivity index (χ0) is 6.53. The second-order valence-corrected chi connectivity index (χ2v) is 2.10. The minimum absolute atomic E-state index is 1.15. The van der Waals surface area contributed by atoms with Crippen LogP contribution in [0.15, 0.2) is 29.5 Å². The highest BCUT2D eigenvalue weighted by Gasteiger charge is 1.78. The summed E-state index contributed by atoms with van der Waals surface area (Å²) >= 11 is 3.19. The predicted molar refractivity (Wildman–Crippen MR) is 42.2 cm³/mol. The molecule has 0 aliphatic heterocycles. The highest BCUT2D eigenvalue weighted by molar-refractivity contribution is 9.11. The maximum absolute atomic E-state index is 3.88. The molecule has 0 amide bonds. The van der Waals surface area contributed by atoms with Gasteiger partial charge in [-0.15, -0.1) is 0 Å². The molecular formula is C7H6BrN. The van der Waals surface area contributed by atoms with Crippen LogP contribution in [-0.4, -0.2) is 4.98 Å². The molecule has 2 heteroatoms. The second-order valence-electron chi connectivity index (χ2n) is 1.57. The molecule has 0 atom stereocenters. The standard InChI is InChI=1S/C7H6BrN/c8-4-1-7-2-5-9-6-3-7/h1-6H/b4-1-. The van der Waals surface area contributed by atoms with Crippen molar-refractivity contribution in [2.45, 2.75) is 0 Å². The fourth-order valence-corrected chi connectivity index (χ4v) is 0.853. The molecule has 0 radical (unpaired) electrons. The van der Waals surface area contributed by atoms with Gasteiger partial charge in [-0.2, -0.15) is 0 Å². The van der Waals surface area contributed by atoms with Crippen LogP contribution in [-0.2, 0) is 0 Å². The molecule has 0 fully saturated rings. The lowest BCUT2D eigenvalue weighted by Crippen LogP contribution is -1.69. The van der Waals surface area contributed by atoms with Gasteiger partial charge in [0.1, 0.15) is 0 Å². The molecule has 0 saturated heterocycles. The highest BCUT2D eigenvalue weighted by Crippen LogP contribution is 2.00. The molecule has 1 aromatic rings. The first-order valence-corrected chi connectivity index (χ1v) is 3.52. The SMILES string of the molecule is Br/C=C\c1ccncc1. The van der Waals surface area contributed by atoms with Crippen molar-refractivity contribution in [1.29, 1.82) is 0 Å². The van der Waals surface area contributed by atoms with Gasteiger partial charge in [-0.25, -0.2) is 0 Å². The topological polar surface area (TPSA) is 12.9 Å². The van der Waals surface area contributed by atoms with Gasteiger partial charge in [0.25, 0.3) is 0 Å². The monoisotopic (exact) mass is 183 g/mol. The lowest BCUT2D eigenvalue weighted by Gasteiger charge is -1.85. The first kappa shape index (κ1) is 6.49. The van der Waals surface area contributed by atoms with E-state index in [1.54, 1.807) is 12.4 Å². The van der Waals surface area contributed by atoms with Gasteiger partial charge in [0.2, 0.25) is 0 Å². The molecule has 1 heterocycles. The summed E-state index contributed by atoms with van der Waals surface area (Å²) in [6, 6.07) is 3.88. The number of rotatable bonds is 1. The van der Waals surface area contributed by atoms with Gasteiger partial charge in [-0.1, -0.05) is 15.9 Å². The van der Waals surface area contributed by atoms with Gasteiger partial charge < -0.3 is 0 Å². The van der Waals surface area contributed by atoms with Gasteiger partial charge in [-0.05, 0) is 28.8 Å². The molecule has 0 bridgehead atoms. The van der Waals surface area contributed by atoms with Crippen LogP contribution in [0.5, 0.6) is 0 Å². The van der Waals surface area contributed by atoms with E-state index in [0.29, 0.717) is 0 Å². The van der Waals surface area contributed by atoms with Gasteiger partial charge in [0.05, 0.1) is 0 Å². The first-order valence-electron chi connectivity index (χ1n) is 2.60. The molecule has 0 aromatic carbocycles. The van der Waals surface area contributed by atoms with Crippen LogP contribution in [0.3, 0.4) is 0 Å². The summed E-state index contributed by atoms with van der Waals surface area (Å²) in [7, 11) is 0. The van der Waals surface area contributed by atoms with Gasteiger partial charge in [0.15, 0.2) is 0 Å². The summed E-state index contributed by atoms with van der Waals surface area (Å²) in [6.45, 7) is 0. The van der Waals surface area contributed by atoms with E-state index in [2.05, 4.69) is 20.9 Å². The summed E-state index contributed by atoms with van der Waals surface area (Å²) < 4.78 is 0. The number of halogens is 1. The van der Waals surface area contributed by atoms with Crippen molar-refractivity contribution < 1.29 is 0 Å². The number of nitrogens with zero attached hydrogens (tertiary/aromatic N) is 1. The lowest BCUT2D eigenvalue weighted by molar-refractivity contribution is 1.32. The van der Waals surface area contributed by atoms with Gasteiger partial charge in [-0.3, -0.25) is 4.98 Å². The summed E-state index contributed by atoms with van der Waals surface area (Å²) in [5.41, 5.74) is 1.15. The van der Waals surface area contributed by atoms with Gasteiger partial charge in [0, 0.05) is 12.4 Å². The molecule has 0 spiro atoms. The molecule has 0 unspecified atom stereocenters. The molecule has 0 aliphatic carbocycles. The van der Waals surface area contributed by atoms with Crippen LogP contribution in [0.25, 0.3) is 6.08 Å². The third-order valence-electron chi connectivity index (χ3n) is 0.962. The molecular weight excluding hydrogens is 178 g/mol. The highest BCUT2D eigenvalue weighted by atomic mass is 79.9. The van der Waals surface area contributed by atoms with E-state index in [9.17, 15) is 0 Å².